The zero-order chi connectivity index (χ0) is 11.5. The van der Waals surface area contributed by atoms with Gasteiger partial charge in [-0.15, -0.1) is 0 Å². The van der Waals surface area contributed by atoms with Crippen molar-refractivity contribution in [3.05, 3.63) is 29.6 Å². The standard InChI is InChI=1S/C12H13FO3/c1-15-10-4-2-3-9(13)12(10)11-7-8(14)5-6-16-11/h2-4,11H,5-7H2,1H3. The molecule has 3 nitrogen and oxygen atoms in total. The highest BCUT2D eigenvalue weighted by atomic mass is 19.1. The lowest BCUT2D eigenvalue weighted by Crippen LogP contribution is -2.20. The Balaban J connectivity index is 2.34. The highest BCUT2D eigenvalue weighted by Crippen LogP contribution is 2.34. The third-order valence-corrected chi connectivity index (χ3v) is 2.67. The third-order valence-electron chi connectivity index (χ3n) is 2.67. The molecule has 1 aliphatic rings. The van der Waals surface area contributed by atoms with E-state index in [9.17, 15) is 9.18 Å². The third kappa shape index (κ3) is 2.07. The van der Waals surface area contributed by atoms with E-state index in [2.05, 4.69) is 0 Å². The van der Waals surface area contributed by atoms with Gasteiger partial charge >= 0.3 is 0 Å². The zero-order valence-electron chi connectivity index (χ0n) is 9.03. The number of carbonyl (C=O) groups is 1. The number of hydrogen-bond acceptors (Lipinski definition) is 3. The zero-order valence-corrected chi connectivity index (χ0v) is 9.03. The minimum atomic E-state index is -0.516. The molecule has 2 rings (SSSR count). The Morgan fingerprint density at radius 2 is 2.31 bits per heavy atom. The van der Waals surface area contributed by atoms with E-state index in [1.165, 1.54) is 13.2 Å². The second-order valence-electron chi connectivity index (χ2n) is 3.71. The first-order valence-electron chi connectivity index (χ1n) is 5.18. The number of ketones is 1. The Kier molecular flexibility index (Phi) is 3.19. The van der Waals surface area contributed by atoms with Gasteiger partial charge in [0.05, 0.1) is 25.4 Å². The van der Waals surface area contributed by atoms with Crippen molar-refractivity contribution < 1.29 is 18.7 Å². The molecule has 1 aromatic rings. The lowest BCUT2D eigenvalue weighted by Gasteiger charge is -2.24. The molecule has 4 heteroatoms. The molecule has 1 heterocycles. The molecular formula is C12H13FO3. The molecule has 0 saturated carbocycles. The summed E-state index contributed by atoms with van der Waals surface area (Å²) in [4.78, 5) is 11.3. The van der Waals surface area contributed by atoms with Gasteiger partial charge in [0.2, 0.25) is 0 Å². The van der Waals surface area contributed by atoms with Crippen molar-refractivity contribution in [2.24, 2.45) is 0 Å². The summed E-state index contributed by atoms with van der Waals surface area (Å²) in [6, 6.07) is 4.59. The second kappa shape index (κ2) is 4.61. The van der Waals surface area contributed by atoms with Gasteiger partial charge in [-0.1, -0.05) is 6.07 Å². The van der Waals surface area contributed by atoms with Crippen LogP contribution in [-0.4, -0.2) is 19.5 Å². The number of carbonyl (C=O) groups excluding carboxylic acids is 1. The van der Waals surface area contributed by atoms with E-state index in [1.54, 1.807) is 12.1 Å². The van der Waals surface area contributed by atoms with Crippen LogP contribution in [0.1, 0.15) is 24.5 Å². The minimum Gasteiger partial charge on any atom is -0.496 e. The summed E-state index contributed by atoms with van der Waals surface area (Å²) in [5, 5.41) is 0. The molecule has 1 fully saturated rings. The van der Waals surface area contributed by atoms with E-state index in [-0.39, 0.29) is 18.0 Å². The number of Topliss-reactive ketones (excluding diaryl/α,β-unsaturated/α-hetero) is 1. The van der Waals surface area contributed by atoms with Gasteiger partial charge in [-0.2, -0.15) is 0 Å². The van der Waals surface area contributed by atoms with E-state index >= 15 is 0 Å². The van der Waals surface area contributed by atoms with Crippen molar-refractivity contribution in [2.75, 3.05) is 13.7 Å². The van der Waals surface area contributed by atoms with Gasteiger partial charge in [-0.3, -0.25) is 4.79 Å². The molecule has 0 radical (unpaired) electrons. The van der Waals surface area contributed by atoms with Crippen LogP contribution in [0.25, 0.3) is 0 Å². The maximum absolute atomic E-state index is 13.7. The molecule has 1 saturated heterocycles. The number of rotatable bonds is 2. The number of methoxy groups -OCH3 is 1. The summed E-state index contributed by atoms with van der Waals surface area (Å²) in [5.41, 5.74) is 0.345. The van der Waals surface area contributed by atoms with Crippen LogP contribution in [0.2, 0.25) is 0 Å². The fourth-order valence-corrected chi connectivity index (χ4v) is 1.88. The molecule has 16 heavy (non-hydrogen) atoms. The van der Waals surface area contributed by atoms with E-state index in [0.29, 0.717) is 24.3 Å². The smallest absolute Gasteiger partial charge is 0.138 e. The lowest BCUT2D eigenvalue weighted by atomic mass is 9.99. The molecule has 1 unspecified atom stereocenters. The Labute approximate surface area is 93.2 Å². The second-order valence-corrected chi connectivity index (χ2v) is 3.71. The van der Waals surface area contributed by atoms with Gasteiger partial charge in [0.25, 0.3) is 0 Å². The summed E-state index contributed by atoms with van der Waals surface area (Å²) in [5.74, 6) is 0.139. The van der Waals surface area contributed by atoms with Crippen LogP contribution in [0.15, 0.2) is 18.2 Å². The quantitative estimate of drug-likeness (QED) is 0.773. The summed E-state index contributed by atoms with van der Waals surface area (Å²) in [6.07, 6.45) is 0.113. The van der Waals surface area contributed by atoms with E-state index in [0.717, 1.165) is 0 Å². The number of hydrogen-bond donors (Lipinski definition) is 0. The highest BCUT2D eigenvalue weighted by Gasteiger charge is 2.26. The normalized spacial score (nSPS) is 20.9. The molecule has 0 amide bonds. The predicted octanol–water partition coefficient (Wildman–Crippen LogP) is 2.25. The first-order chi connectivity index (χ1) is 7.72. The summed E-state index contributed by atoms with van der Waals surface area (Å²) in [7, 11) is 1.48. The average molecular weight is 224 g/mol. The van der Waals surface area contributed by atoms with Crippen LogP contribution < -0.4 is 4.74 Å². The monoisotopic (exact) mass is 224 g/mol. The van der Waals surface area contributed by atoms with Crippen LogP contribution in [0.3, 0.4) is 0 Å². The summed E-state index contributed by atoms with van der Waals surface area (Å²) in [6.45, 7) is 0.348. The van der Waals surface area contributed by atoms with E-state index in [1.807, 2.05) is 0 Å². The van der Waals surface area contributed by atoms with Crippen molar-refractivity contribution in [2.45, 2.75) is 18.9 Å². The van der Waals surface area contributed by atoms with Gasteiger partial charge < -0.3 is 9.47 Å². The van der Waals surface area contributed by atoms with Gasteiger partial charge in [-0.05, 0) is 12.1 Å². The fourth-order valence-electron chi connectivity index (χ4n) is 1.88. The highest BCUT2D eigenvalue weighted by molar-refractivity contribution is 5.79. The SMILES string of the molecule is COc1cccc(F)c1C1CC(=O)CCO1. The van der Waals surface area contributed by atoms with E-state index in [4.69, 9.17) is 9.47 Å². The van der Waals surface area contributed by atoms with Crippen LogP contribution in [0.4, 0.5) is 4.39 Å². The van der Waals surface area contributed by atoms with Crippen LogP contribution in [-0.2, 0) is 9.53 Å². The number of halogens is 1. The van der Waals surface area contributed by atoms with Crippen LogP contribution in [0, 0.1) is 5.82 Å². The fraction of sp³-hybridized carbons (Fsp3) is 0.417. The largest absolute Gasteiger partial charge is 0.496 e. The molecule has 86 valence electrons. The van der Waals surface area contributed by atoms with Crippen molar-refractivity contribution in [3.8, 4) is 5.75 Å². The van der Waals surface area contributed by atoms with Crippen molar-refractivity contribution >= 4 is 5.78 Å². The number of ether oxygens (including phenoxy) is 2. The molecule has 0 bridgehead atoms. The van der Waals surface area contributed by atoms with Crippen LogP contribution in [0.5, 0.6) is 5.75 Å². The first-order valence-corrected chi connectivity index (χ1v) is 5.18. The molecule has 0 N–H and O–H groups in total. The van der Waals surface area contributed by atoms with Crippen molar-refractivity contribution in [3.63, 3.8) is 0 Å². The maximum atomic E-state index is 13.7. The van der Waals surface area contributed by atoms with Gasteiger partial charge in [0.1, 0.15) is 17.3 Å². The molecule has 1 aliphatic heterocycles. The molecule has 1 atom stereocenters. The van der Waals surface area contributed by atoms with Crippen LogP contribution >= 0.6 is 0 Å². The molecule has 0 spiro atoms. The molecular weight excluding hydrogens is 211 g/mol. The van der Waals surface area contributed by atoms with Crippen molar-refractivity contribution in [1.29, 1.82) is 0 Å². The van der Waals surface area contributed by atoms with Gasteiger partial charge in [0, 0.05) is 12.8 Å². The first kappa shape index (κ1) is 11.1. The summed E-state index contributed by atoms with van der Waals surface area (Å²) >= 11 is 0. The summed E-state index contributed by atoms with van der Waals surface area (Å²) < 4.78 is 24.2. The molecule has 1 aromatic carbocycles. The lowest BCUT2D eigenvalue weighted by molar-refractivity contribution is -0.128. The minimum absolute atomic E-state index is 0.0987. The Morgan fingerprint density at radius 3 is 3.00 bits per heavy atom. The van der Waals surface area contributed by atoms with E-state index < -0.39 is 6.10 Å². The van der Waals surface area contributed by atoms with Crippen molar-refractivity contribution in [1.82, 2.24) is 0 Å². The Bertz CT molecular complexity index is 403. The Hall–Kier alpha value is -1.42. The molecule has 0 aliphatic carbocycles. The maximum Gasteiger partial charge on any atom is 0.138 e. The average Bonchev–Trinajstić information content (AvgIpc) is 2.28. The predicted molar refractivity (Wildman–Crippen MR) is 55.9 cm³/mol. The van der Waals surface area contributed by atoms with Gasteiger partial charge in [-0.25, -0.2) is 4.39 Å². The van der Waals surface area contributed by atoms with Gasteiger partial charge in [0.15, 0.2) is 0 Å². The Morgan fingerprint density at radius 1 is 1.50 bits per heavy atom. The number of benzene rings is 1. The molecule has 0 aromatic heterocycles. The topological polar surface area (TPSA) is 35.5 Å².